The predicted octanol–water partition coefficient (Wildman–Crippen LogP) is 0.724. The highest BCUT2D eigenvalue weighted by molar-refractivity contribution is 7.99. The number of carbonyl (C=O) groups excluding carboxylic acids is 1. The molecule has 0 spiro atoms. The predicted molar refractivity (Wildman–Crippen MR) is 106 cm³/mol. The monoisotopic (exact) mass is 385 g/mol. The van der Waals surface area contributed by atoms with E-state index in [1.165, 1.54) is 11.6 Å². The van der Waals surface area contributed by atoms with Crippen LogP contribution in [0, 0.1) is 0 Å². The minimum Gasteiger partial charge on any atom is -0.369 e. The molecule has 2 aromatic heterocycles. The van der Waals surface area contributed by atoms with Crippen LogP contribution in [0.5, 0.6) is 0 Å². The van der Waals surface area contributed by atoms with Gasteiger partial charge >= 0.3 is 5.69 Å². The van der Waals surface area contributed by atoms with Gasteiger partial charge in [-0.25, -0.2) is 9.78 Å². The van der Waals surface area contributed by atoms with Gasteiger partial charge in [-0.2, -0.15) is 0 Å². The first-order valence-corrected chi connectivity index (χ1v) is 9.17. The van der Waals surface area contributed by atoms with Crippen LogP contribution >= 0.6 is 11.8 Å². The van der Waals surface area contributed by atoms with E-state index in [2.05, 4.69) is 4.98 Å². The van der Waals surface area contributed by atoms with E-state index in [0.29, 0.717) is 17.2 Å². The minimum absolute atomic E-state index is 0.0278. The molecule has 0 fully saturated rings. The van der Waals surface area contributed by atoms with E-state index in [-0.39, 0.29) is 11.4 Å². The SMILES string of the molecule is Cn1c(=O)c2c(nc(SCC(N)=O)n2C/C=C/c2ccccc2)n(C)c1=O. The molecule has 3 rings (SSSR count). The number of hydrogen-bond acceptors (Lipinski definition) is 5. The number of thioether (sulfide) groups is 1. The molecule has 3 aromatic rings. The fraction of sp³-hybridized carbons (Fsp3) is 0.222. The number of hydrogen-bond donors (Lipinski definition) is 1. The minimum atomic E-state index is -0.486. The third-order valence-corrected chi connectivity index (χ3v) is 5.05. The lowest BCUT2D eigenvalue weighted by atomic mass is 10.2. The molecule has 27 heavy (non-hydrogen) atoms. The van der Waals surface area contributed by atoms with Crippen LogP contribution in [0.3, 0.4) is 0 Å². The molecule has 0 aliphatic heterocycles. The average molecular weight is 385 g/mol. The highest BCUT2D eigenvalue weighted by Crippen LogP contribution is 2.21. The lowest BCUT2D eigenvalue weighted by Crippen LogP contribution is -2.37. The van der Waals surface area contributed by atoms with Crippen molar-refractivity contribution in [1.82, 2.24) is 18.7 Å². The number of benzene rings is 1. The molecule has 2 N–H and O–H groups in total. The smallest absolute Gasteiger partial charge is 0.332 e. The number of nitrogens with two attached hydrogens (primary N) is 1. The molecule has 140 valence electrons. The van der Waals surface area contributed by atoms with Gasteiger partial charge in [0.1, 0.15) is 0 Å². The Morgan fingerprint density at radius 1 is 1.19 bits per heavy atom. The van der Waals surface area contributed by atoms with E-state index in [1.807, 2.05) is 42.5 Å². The normalized spacial score (nSPS) is 11.5. The number of rotatable bonds is 6. The number of fused-ring (bicyclic) bond motifs is 1. The third-order valence-electron chi connectivity index (χ3n) is 4.05. The summed E-state index contributed by atoms with van der Waals surface area (Å²) in [5.41, 5.74) is 5.96. The van der Waals surface area contributed by atoms with Gasteiger partial charge in [0.2, 0.25) is 5.91 Å². The van der Waals surface area contributed by atoms with Crippen LogP contribution in [0.2, 0.25) is 0 Å². The first-order valence-electron chi connectivity index (χ1n) is 8.19. The zero-order valence-corrected chi connectivity index (χ0v) is 15.8. The fourth-order valence-corrected chi connectivity index (χ4v) is 3.44. The first-order chi connectivity index (χ1) is 12.9. The van der Waals surface area contributed by atoms with Gasteiger partial charge in [-0.05, 0) is 5.56 Å². The second-order valence-electron chi connectivity index (χ2n) is 5.95. The molecule has 2 heterocycles. The van der Waals surface area contributed by atoms with Crippen molar-refractivity contribution >= 4 is 34.9 Å². The molecule has 0 saturated heterocycles. The Hall–Kier alpha value is -3.07. The van der Waals surface area contributed by atoms with E-state index in [9.17, 15) is 14.4 Å². The summed E-state index contributed by atoms with van der Waals surface area (Å²) < 4.78 is 4.07. The molecule has 0 bridgehead atoms. The van der Waals surface area contributed by atoms with Gasteiger partial charge in [0, 0.05) is 20.6 Å². The summed E-state index contributed by atoms with van der Waals surface area (Å²) in [5.74, 6) is -0.458. The highest BCUT2D eigenvalue weighted by Gasteiger charge is 2.19. The summed E-state index contributed by atoms with van der Waals surface area (Å²) in [6.45, 7) is 0.361. The number of aromatic nitrogens is 4. The molecule has 0 aliphatic carbocycles. The summed E-state index contributed by atoms with van der Waals surface area (Å²) in [6, 6.07) is 9.74. The average Bonchev–Trinajstić information content (AvgIpc) is 3.02. The Balaban J connectivity index is 2.11. The second kappa shape index (κ2) is 7.67. The standard InChI is InChI=1S/C18H19N5O3S/c1-21-15-14(16(25)22(2)18(21)26)23(17(20-15)27-11-13(19)24)10-6-9-12-7-4-3-5-8-12/h3-9H,10-11H2,1-2H3,(H2,19,24)/b9-6+. The molecule has 0 saturated carbocycles. The topological polar surface area (TPSA) is 105 Å². The van der Waals surface area contributed by atoms with Crippen molar-refractivity contribution in [3.63, 3.8) is 0 Å². The fourth-order valence-electron chi connectivity index (χ4n) is 2.70. The summed E-state index contributed by atoms with van der Waals surface area (Å²) >= 11 is 1.14. The van der Waals surface area contributed by atoms with Crippen LogP contribution in [0.1, 0.15) is 5.56 Å². The van der Waals surface area contributed by atoms with Gasteiger partial charge in [-0.15, -0.1) is 0 Å². The molecule has 0 radical (unpaired) electrons. The molecule has 1 amide bonds. The van der Waals surface area contributed by atoms with Crippen LogP contribution in [0.15, 0.2) is 51.2 Å². The summed E-state index contributed by atoms with van der Waals surface area (Å²) in [6.07, 6.45) is 3.83. The van der Waals surface area contributed by atoms with Crippen molar-refractivity contribution in [3.8, 4) is 0 Å². The van der Waals surface area contributed by atoms with Crippen molar-refractivity contribution < 1.29 is 4.79 Å². The van der Waals surface area contributed by atoms with E-state index in [1.54, 1.807) is 11.6 Å². The number of nitrogens with zero attached hydrogens (tertiary/aromatic N) is 4. The lowest BCUT2D eigenvalue weighted by Gasteiger charge is -2.06. The zero-order valence-electron chi connectivity index (χ0n) is 15.0. The van der Waals surface area contributed by atoms with Crippen LogP contribution in [-0.4, -0.2) is 30.3 Å². The van der Waals surface area contributed by atoms with Crippen molar-refractivity contribution in [1.29, 1.82) is 0 Å². The Morgan fingerprint density at radius 2 is 1.89 bits per heavy atom. The number of imidazole rings is 1. The van der Waals surface area contributed by atoms with Crippen LogP contribution in [0.4, 0.5) is 0 Å². The van der Waals surface area contributed by atoms with Crippen LogP contribution in [-0.2, 0) is 25.4 Å². The molecular formula is C18H19N5O3S. The maximum Gasteiger partial charge on any atom is 0.332 e. The van der Waals surface area contributed by atoms with Gasteiger partial charge in [0.05, 0.1) is 5.75 Å². The number of amides is 1. The lowest BCUT2D eigenvalue weighted by molar-refractivity contribution is -0.115. The van der Waals surface area contributed by atoms with E-state index >= 15 is 0 Å². The van der Waals surface area contributed by atoms with Crippen LogP contribution < -0.4 is 17.0 Å². The van der Waals surface area contributed by atoms with E-state index in [0.717, 1.165) is 21.9 Å². The number of carbonyl (C=O) groups is 1. The van der Waals surface area contributed by atoms with Crippen molar-refractivity contribution in [2.45, 2.75) is 11.7 Å². The maximum absolute atomic E-state index is 12.7. The third kappa shape index (κ3) is 3.72. The number of allylic oxidation sites excluding steroid dienone is 1. The van der Waals surface area contributed by atoms with Crippen molar-refractivity contribution in [2.75, 3.05) is 5.75 Å². The van der Waals surface area contributed by atoms with Gasteiger partial charge in [-0.3, -0.25) is 18.7 Å². The van der Waals surface area contributed by atoms with E-state index < -0.39 is 17.2 Å². The largest absolute Gasteiger partial charge is 0.369 e. The maximum atomic E-state index is 12.7. The van der Waals surface area contributed by atoms with Gasteiger partial charge < -0.3 is 10.3 Å². The van der Waals surface area contributed by atoms with E-state index in [4.69, 9.17) is 5.73 Å². The van der Waals surface area contributed by atoms with Gasteiger partial charge in [0.25, 0.3) is 5.56 Å². The highest BCUT2D eigenvalue weighted by atomic mass is 32.2. The Morgan fingerprint density at radius 3 is 2.56 bits per heavy atom. The second-order valence-corrected chi connectivity index (χ2v) is 6.89. The first kappa shape index (κ1) is 18.7. The summed E-state index contributed by atoms with van der Waals surface area (Å²) in [4.78, 5) is 40.4. The summed E-state index contributed by atoms with van der Waals surface area (Å²) in [7, 11) is 2.99. The quantitative estimate of drug-likeness (QED) is 0.630. The molecule has 0 unspecified atom stereocenters. The molecule has 0 atom stereocenters. The Bertz CT molecular complexity index is 1140. The molecule has 1 aromatic carbocycles. The Labute approximate surface area is 158 Å². The Kier molecular flexibility index (Phi) is 5.31. The number of primary amides is 1. The number of aryl methyl sites for hydroxylation is 1. The van der Waals surface area contributed by atoms with Crippen molar-refractivity contribution in [2.24, 2.45) is 19.8 Å². The zero-order chi connectivity index (χ0) is 19.6. The van der Waals surface area contributed by atoms with Gasteiger partial charge in [0.15, 0.2) is 16.3 Å². The molecular weight excluding hydrogens is 366 g/mol. The van der Waals surface area contributed by atoms with Crippen LogP contribution in [0.25, 0.3) is 17.2 Å². The van der Waals surface area contributed by atoms with Crippen molar-refractivity contribution in [3.05, 3.63) is 62.8 Å². The molecule has 8 nitrogen and oxygen atoms in total. The van der Waals surface area contributed by atoms with Gasteiger partial charge in [-0.1, -0.05) is 54.2 Å². The molecule has 9 heteroatoms. The summed E-state index contributed by atoms with van der Waals surface area (Å²) in [5, 5.41) is 0.458. The molecule has 0 aliphatic rings.